The predicted octanol–water partition coefficient (Wildman–Crippen LogP) is 3.26. The van der Waals surface area contributed by atoms with Crippen molar-refractivity contribution in [1.82, 2.24) is 5.32 Å². The third-order valence-electron chi connectivity index (χ3n) is 4.33. The second-order valence-corrected chi connectivity index (χ2v) is 6.47. The van der Waals surface area contributed by atoms with Gasteiger partial charge in [-0.15, -0.1) is 0 Å². The second-order valence-electron chi connectivity index (χ2n) is 6.06. The molecule has 3 atom stereocenters. The number of carbonyl (C=O) groups excluding carboxylic acids is 1. The average molecular weight is 344 g/mol. The summed E-state index contributed by atoms with van der Waals surface area (Å²) in [7, 11) is 0. The van der Waals surface area contributed by atoms with Crippen molar-refractivity contribution in [3.8, 4) is 0 Å². The van der Waals surface area contributed by atoms with Crippen molar-refractivity contribution in [2.75, 3.05) is 0 Å². The van der Waals surface area contributed by atoms with E-state index in [0.29, 0.717) is 11.4 Å². The molecule has 24 heavy (non-hydrogen) atoms. The Hall–Kier alpha value is -2.33. The van der Waals surface area contributed by atoms with Gasteiger partial charge in [-0.3, -0.25) is 4.79 Å². The Labute approximate surface area is 145 Å². The van der Waals surface area contributed by atoms with E-state index in [-0.39, 0.29) is 24.2 Å². The lowest BCUT2D eigenvalue weighted by molar-refractivity contribution is -0.142. The van der Waals surface area contributed by atoms with Gasteiger partial charge in [0, 0.05) is 17.4 Å². The molecule has 0 saturated heterocycles. The van der Waals surface area contributed by atoms with Crippen LogP contribution in [0.2, 0.25) is 5.02 Å². The Morgan fingerprint density at radius 1 is 1.12 bits per heavy atom. The van der Waals surface area contributed by atoms with Crippen LogP contribution in [0, 0.1) is 5.92 Å². The predicted molar refractivity (Wildman–Crippen MR) is 92.0 cm³/mol. The van der Waals surface area contributed by atoms with Gasteiger partial charge in [-0.1, -0.05) is 60.1 Å². The summed E-state index contributed by atoms with van der Waals surface area (Å²) in [5.74, 6) is -1.38. The van der Waals surface area contributed by atoms with Crippen LogP contribution in [-0.2, 0) is 16.0 Å². The monoisotopic (exact) mass is 343 g/mol. The molecule has 124 valence electrons. The lowest BCUT2D eigenvalue weighted by Gasteiger charge is -2.15. The molecule has 1 aliphatic carbocycles. The Morgan fingerprint density at radius 3 is 2.46 bits per heavy atom. The highest BCUT2D eigenvalue weighted by Crippen LogP contribution is 2.49. The highest BCUT2D eigenvalue weighted by molar-refractivity contribution is 6.31. The van der Waals surface area contributed by atoms with E-state index >= 15 is 0 Å². The molecule has 5 heteroatoms. The largest absolute Gasteiger partial charge is 0.480 e. The molecule has 2 aromatic rings. The van der Waals surface area contributed by atoms with Crippen LogP contribution in [0.3, 0.4) is 0 Å². The number of nitrogens with one attached hydrogen (secondary N) is 1. The number of aliphatic carboxylic acids is 1. The summed E-state index contributed by atoms with van der Waals surface area (Å²) in [6.45, 7) is 0. The van der Waals surface area contributed by atoms with E-state index in [4.69, 9.17) is 11.6 Å². The molecule has 1 saturated carbocycles. The van der Waals surface area contributed by atoms with Crippen molar-refractivity contribution in [2.24, 2.45) is 5.92 Å². The zero-order valence-corrected chi connectivity index (χ0v) is 13.7. The summed E-state index contributed by atoms with van der Waals surface area (Å²) >= 11 is 6.17. The molecule has 1 amide bonds. The number of carbonyl (C=O) groups is 2. The van der Waals surface area contributed by atoms with E-state index in [1.54, 1.807) is 6.07 Å². The molecule has 3 rings (SSSR count). The van der Waals surface area contributed by atoms with Gasteiger partial charge in [0.15, 0.2) is 0 Å². The topological polar surface area (TPSA) is 66.4 Å². The van der Waals surface area contributed by atoms with Crippen LogP contribution in [-0.4, -0.2) is 23.0 Å². The molecule has 0 heterocycles. The molecule has 0 aromatic heterocycles. The van der Waals surface area contributed by atoms with Gasteiger partial charge >= 0.3 is 5.97 Å². The molecule has 0 bridgehead atoms. The first-order chi connectivity index (χ1) is 11.6. The van der Waals surface area contributed by atoms with E-state index in [0.717, 1.165) is 11.1 Å². The van der Waals surface area contributed by atoms with Crippen LogP contribution < -0.4 is 5.32 Å². The van der Waals surface area contributed by atoms with Crippen LogP contribution in [0.1, 0.15) is 23.5 Å². The van der Waals surface area contributed by atoms with Gasteiger partial charge < -0.3 is 10.4 Å². The van der Waals surface area contributed by atoms with Crippen molar-refractivity contribution in [2.45, 2.75) is 24.8 Å². The number of hydrogen-bond donors (Lipinski definition) is 2. The minimum Gasteiger partial charge on any atom is -0.480 e. The number of rotatable bonds is 6. The zero-order valence-electron chi connectivity index (χ0n) is 13.0. The van der Waals surface area contributed by atoms with Gasteiger partial charge in [-0.05, 0) is 29.5 Å². The van der Waals surface area contributed by atoms with E-state index < -0.39 is 12.0 Å². The molecule has 2 aromatic carbocycles. The fourth-order valence-electron chi connectivity index (χ4n) is 2.93. The molecule has 1 aliphatic rings. The Kier molecular flexibility index (Phi) is 4.86. The number of benzene rings is 2. The number of carboxylic acids is 1. The molecular weight excluding hydrogens is 326 g/mol. The fourth-order valence-corrected chi connectivity index (χ4v) is 3.21. The van der Waals surface area contributed by atoms with Crippen molar-refractivity contribution < 1.29 is 14.7 Å². The Bertz CT molecular complexity index is 747. The lowest BCUT2D eigenvalue weighted by atomic mass is 10.1. The molecular formula is C19H18ClNO3. The van der Waals surface area contributed by atoms with Crippen molar-refractivity contribution in [3.05, 3.63) is 70.7 Å². The maximum Gasteiger partial charge on any atom is 0.326 e. The first-order valence-electron chi connectivity index (χ1n) is 7.88. The normalized spacial score (nSPS) is 20.2. The summed E-state index contributed by atoms with van der Waals surface area (Å²) in [4.78, 5) is 23.8. The summed E-state index contributed by atoms with van der Waals surface area (Å²) in [6.07, 6.45) is 0.971. The SMILES string of the molecule is O=C(O)[C@@H](Cc1ccccc1)NC(=O)[C@@H]1C[C@H]1c1ccccc1Cl. The second kappa shape index (κ2) is 7.05. The minimum atomic E-state index is -1.03. The molecule has 4 nitrogen and oxygen atoms in total. The smallest absolute Gasteiger partial charge is 0.326 e. The maximum atomic E-state index is 12.4. The number of halogens is 1. The highest BCUT2D eigenvalue weighted by atomic mass is 35.5. The van der Waals surface area contributed by atoms with Crippen LogP contribution >= 0.6 is 11.6 Å². The number of amides is 1. The first-order valence-corrected chi connectivity index (χ1v) is 8.25. The molecule has 0 unspecified atom stereocenters. The van der Waals surface area contributed by atoms with Crippen molar-refractivity contribution in [1.29, 1.82) is 0 Å². The Balaban J connectivity index is 1.63. The molecule has 0 aliphatic heterocycles. The van der Waals surface area contributed by atoms with Gasteiger partial charge in [0.05, 0.1) is 0 Å². The molecule has 0 spiro atoms. The third-order valence-corrected chi connectivity index (χ3v) is 4.67. The van der Waals surface area contributed by atoms with Gasteiger partial charge in [0.25, 0.3) is 0 Å². The minimum absolute atomic E-state index is 0.0740. The summed E-state index contributed by atoms with van der Waals surface area (Å²) in [5.41, 5.74) is 1.83. The van der Waals surface area contributed by atoms with Crippen molar-refractivity contribution >= 4 is 23.5 Å². The van der Waals surface area contributed by atoms with Crippen LogP contribution in [0.15, 0.2) is 54.6 Å². The van der Waals surface area contributed by atoms with Gasteiger partial charge in [0.1, 0.15) is 6.04 Å². The lowest BCUT2D eigenvalue weighted by Crippen LogP contribution is -2.43. The van der Waals surface area contributed by atoms with Crippen LogP contribution in [0.5, 0.6) is 0 Å². The van der Waals surface area contributed by atoms with E-state index in [2.05, 4.69) is 5.32 Å². The third kappa shape index (κ3) is 3.77. The van der Waals surface area contributed by atoms with Gasteiger partial charge in [-0.2, -0.15) is 0 Å². The van der Waals surface area contributed by atoms with Crippen LogP contribution in [0.25, 0.3) is 0 Å². The van der Waals surface area contributed by atoms with E-state index in [1.165, 1.54) is 0 Å². The summed E-state index contributed by atoms with van der Waals surface area (Å²) in [5, 5.41) is 12.7. The van der Waals surface area contributed by atoms with Gasteiger partial charge in [-0.25, -0.2) is 4.79 Å². The van der Waals surface area contributed by atoms with E-state index in [9.17, 15) is 14.7 Å². The highest BCUT2D eigenvalue weighted by Gasteiger charge is 2.45. The molecule has 2 N–H and O–H groups in total. The van der Waals surface area contributed by atoms with E-state index in [1.807, 2.05) is 48.5 Å². The van der Waals surface area contributed by atoms with Crippen LogP contribution in [0.4, 0.5) is 0 Å². The van der Waals surface area contributed by atoms with Gasteiger partial charge in [0.2, 0.25) is 5.91 Å². The summed E-state index contributed by atoms with van der Waals surface area (Å²) < 4.78 is 0. The van der Waals surface area contributed by atoms with Crippen molar-refractivity contribution in [3.63, 3.8) is 0 Å². The molecule has 1 fully saturated rings. The molecule has 0 radical (unpaired) electrons. The quantitative estimate of drug-likeness (QED) is 0.846. The number of hydrogen-bond acceptors (Lipinski definition) is 2. The maximum absolute atomic E-state index is 12.4. The first kappa shape index (κ1) is 16.5. The number of carboxylic acid groups (broad SMARTS) is 1. The summed E-state index contributed by atoms with van der Waals surface area (Å²) in [6, 6.07) is 15.8. The average Bonchev–Trinajstić information content (AvgIpc) is 3.36. The standard InChI is InChI=1S/C19H18ClNO3/c20-16-9-5-4-8-13(16)14-11-15(14)18(22)21-17(19(23)24)10-12-6-2-1-3-7-12/h1-9,14-15,17H,10-11H2,(H,21,22)(H,23,24)/t14-,15+,17+/m0/s1. The fraction of sp³-hybridized carbons (Fsp3) is 0.263. The zero-order chi connectivity index (χ0) is 17.1. The Morgan fingerprint density at radius 2 is 1.79 bits per heavy atom.